The fraction of sp³-hybridized carbons (Fsp3) is 0.0588. The van der Waals surface area contributed by atoms with Crippen LogP contribution in [0.1, 0.15) is 27.7 Å². The third kappa shape index (κ3) is 14.6. The summed E-state index contributed by atoms with van der Waals surface area (Å²) in [4.78, 5) is 0. The molecular formula is C102H75BBr2O4. The average molecular weight is 1540 g/mol. The summed E-state index contributed by atoms with van der Waals surface area (Å²) in [5, 5.41) is 4.52. The van der Waals surface area contributed by atoms with Gasteiger partial charge < -0.3 is 18.1 Å². The first-order chi connectivity index (χ1) is 53.3. The third-order valence-corrected chi connectivity index (χ3v) is 22.5. The van der Waals surface area contributed by atoms with Crippen LogP contribution in [0.3, 0.4) is 0 Å². The molecule has 4 nitrogen and oxygen atoms in total. The Morgan fingerprint density at radius 1 is 0.202 bits per heavy atom. The van der Waals surface area contributed by atoms with Gasteiger partial charge in [0, 0.05) is 32.7 Å². The van der Waals surface area contributed by atoms with Crippen molar-refractivity contribution in [3.05, 3.63) is 391 Å². The third-order valence-electron chi connectivity index (χ3n) is 21.3. The summed E-state index contributed by atoms with van der Waals surface area (Å²) in [6.07, 6.45) is 0. The van der Waals surface area contributed by atoms with Gasteiger partial charge in [0.1, 0.15) is 22.3 Å². The molecule has 0 atom stereocenters. The molecule has 2 aromatic heterocycles. The van der Waals surface area contributed by atoms with Crippen molar-refractivity contribution >= 4 is 88.3 Å². The molecule has 1 aliphatic rings. The van der Waals surface area contributed by atoms with E-state index in [-0.39, 0.29) is 18.3 Å². The summed E-state index contributed by atoms with van der Waals surface area (Å²) < 4.78 is 27.1. The van der Waals surface area contributed by atoms with Crippen molar-refractivity contribution in [3.8, 4) is 122 Å². The molecule has 16 aromatic carbocycles. The molecule has 0 aliphatic carbocycles. The van der Waals surface area contributed by atoms with E-state index < -0.39 is 0 Å². The Kier molecular flexibility index (Phi) is 19.5. The van der Waals surface area contributed by atoms with Crippen LogP contribution >= 0.6 is 31.9 Å². The second-order valence-corrected chi connectivity index (χ2v) is 30.5. The van der Waals surface area contributed by atoms with Crippen molar-refractivity contribution in [2.75, 3.05) is 0 Å². The predicted octanol–water partition coefficient (Wildman–Crippen LogP) is 29.0. The number of benzene rings is 16. The number of fused-ring (bicyclic) bond motifs is 6. The van der Waals surface area contributed by atoms with Gasteiger partial charge in [-0.25, -0.2) is 0 Å². The standard InChI is InChI=1S/C60H40O.C30H29BO2.C12H6Br2O/c1-3-13-41(14-4-1)47-17-7-21-51(37-47)53-23-9-19-49(39-53)43-29-33-45(34-30-43)55-25-11-27-57-58-28-12-26-56(60(58)61-59(55)57)46-35-31-44(32-36-46)50-20-10-24-54(40-50)52-22-8-18-48(38-52)42-15-5-2-6-16-42;1-29(2)30(3,4)33-31(32-29)28-18-16-23(17-19-28)25-13-9-15-27(21-25)26-14-8-12-24(20-26)22-10-6-5-7-11-22;13-9-5-1-3-7-8-4-2-6-10(14)12(8)15-11(7)9/h1-40H;5-21H,1-4H3;1-6H. The van der Waals surface area contributed by atoms with Gasteiger partial charge in [-0.05, 0) is 225 Å². The van der Waals surface area contributed by atoms with Gasteiger partial charge in [0.05, 0.1) is 20.1 Å². The highest BCUT2D eigenvalue weighted by atomic mass is 79.9. The van der Waals surface area contributed by atoms with Gasteiger partial charge in [-0.15, -0.1) is 0 Å². The Balaban J connectivity index is 0.000000149. The van der Waals surface area contributed by atoms with E-state index in [1.165, 1.54) is 100 Å². The number of hydrogen-bond acceptors (Lipinski definition) is 4. The van der Waals surface area contributed by atoms with Crippen molar-refractivity contribution < 1.29 is 18.1 Å². The average Bonchev–Trinajstić information content (AvgIpc) is 1.62. The molecule has 0 bridgehead atoms. The van der Waals surface area contributed by atoms with Crippen LogP contribution in [0.25, 0.3) is 166 Å². The van der Waals surface area contributed by atoms with Crippen LogP contribution in [0.2, 0.25) is 0 Å². The fourth-order valence-corrected chi connectivity index (χ4v) is 15.6. The van der Waals surface area contributed by atoms with Gasteiger partial charge in [-0.3, -0.25) is 0 Å². The predicted molar refractivity (Wildman–Crippen MR) is 465 cm³/mol. The van der Waals surface area contributed by atoms with Crippen LogP contribution in [0.15, 0.2) is 400 Å². The van der Waals surface area contributed by atoms with Gasteiger partial charge >= 0.3 is 7.12 Å². The van der Waals surface area contributed by atoms with Gasteiger partial charge in [0.2, 0.25) is 0 Å². The van der Waals surface area contributed by atoms with Crippen LogP contribution in [-0.2, 0) is 9.31 Å². The van der Waals surface area contributed by atoms with Crippen molar-refractivity contribution in [2.24, 2.45) is 0 Å². The number of furan rings is 2. The SMILES string of the molecule is Brc1cccc2c1oc1c(Br)cccc12.CC1(C)OB(c2ccc(-c3cccc(-c4cccc(-c5ccccc5)c4)c3)cc2)OC1(C)C.c1ccc(-c2cccc(-c3cccc(-c4ccc(-c5cccc6c5oc5c(-c7ccc(-c8cccc(-c9cccc(-c%10ccccc%10)c9)c8)cc7)cccc56)cc4)c3)c2)cc1. The maximum atomic E-state index is 6.87. The highest BCUT2D eigenvalue weighted by Crippen LogP contribution is 2.43. The second kappa shape index (κ2) is 30.4. The maximum Gasteiger partial charge on any atom is 0.494 e. The molecule has 19 rings (SSSR count). The molecule has 524 valence electrons. The summed E-state index contributed by atoms with van der Waals surface area (Å²) in [5.41, 5.74) is 30.1. The lowest BCUT2D eigenvalue weighted by Gasteiger charge is -2.32. The quantitative estimate of drug-likeness (QED) is 0.114. The summed E-state index contributed by atoms with van der Waals surface area (Å²) in [6, 6.07) is 136. The molecule has 1 fully saturated rings. The monoisotopic (exact) mass is 1530 g/mol. The zero-order valence-corrected chi connectivity index (χ0v) is 64.0. The van der Waals surface area contributed by atoms with Crippen molar-refractivity contribution in [2.45, 2.75) is 38.9 Å². The lowest BCUT2D eigenvalue weighted by molar-refractivity contribution is 0.00578. The van der Waals surface area contributed by atoms with E-state index in [2.05, 4.69) is 417 Å². The molecule has 0 saturated carbocycles. The van der Waals surface area contributed by atoms with Crippen LogP contribution < -0.4 is 5.46 Å². The minimum absolute atomic E-state index is 0.334. The smallest absolute Gasteiger partial charge is 0.455 e. The molecule has 1 aliphatic heterocycles. The Hall–Kier alpha value is -11.9. The molecular weight excluding hydrogens is 1460 g/mol. The molecule has 3 heterocycles. The van der Waals surface area contributed by atoms with Crippen molar-refractivity contribution in [1.29, 1.82) is 0 Å². The normalized spacial score (nSPS) is 12.9. The first-order valence-electron chi connectivity index (χ1n) is 37.0. The largest absolute Gasteiger partial charge is 0.494 e. The first kappa shape index (κ1) is 70.1. The topological polar surface area (TPSA) is 44.7 Å². The molecule has 0 spiro atoms. The van der Waals surface area contributed by atoms with E-state index in [1.807, 2.05) is 24.3 Å². The van der Waals surface area contributed by atoms with Crippen LogP contribution in [0.5, 0.6) is 0 Å². The van der Waals surface area contributed by atoms with Gasteiger partial charge in [-0.2, -0.15) is 0 Å². The summed E-state index contributed by atoms with van der Waals surface area (Å²) >= 11 is 6.98. The van der Waals surface area contributed by atoms with E-state index >= 15 is 0 Å². The van der Waals surface area contributed by atoms with E-state index in [0.717, 1.165) is 80.5 Å². The highest BCUT2D eigenvalue weighted by molar-refractivity contribution is 9.11. The molecule has 0 N–H and O–H groups in total. The minimum Gasteiger partial charge on any atom is -0.455 e. The molecule has 0 amide bonds. The Bertz CT molecular complexity index is 6010. The number of halogens is 2. The van der Waals surface area contributed by atoms with Gasteiger partial charge in [0.15, 0.2) is 0 Å². The molecule has 7 heteroatoms. The molecule has 1 saturated heterocycles. The molecule has 18 aromatic rings. The van der Waals surface area contributed by atoms with Crippen LogP contribution in [0.4, 0.5) is 0 Å². The molecule has 109 heavy (non-hydrogen) atoms. The second-order valence-electron chi connectivity index (χ2n) is 28.7. The van der Waals surface area contributed by atoms with E-state index in [9.17, 15) is 0 Å². The lowest BCUT2D eigenvalue weighted by atomic mass is 9.78. The Labute approximate surface area is 654 Å². The fourth-order valence-electron chi connectivity index (χ4n) is 14.7. The summed E-state index contributed by atoms with van der Waals surface area (Å²) in [6.45, 7) is 8.33. The van der Waals surface area contributed by atoms with Crippen molar-refractivity contribution in [3.63, 3.8) is 0 Å². The van der Waals surface area contributed by atoms with Gasteiger partial charge in [0.25, 0.3) is 0 Å². The van der Waals surface area contributed by atoms with Crippen LogP contribution in [0, 0.1) is 0 Å². The molecule has 0 unspecified atom stereocenters. The molecule has 0 radical (unpaired) electrons. The van der Waals surface area contributed by atoms with E-state index in [0.29, 0.717) is 0 Å². The zero-order chi connectivity index (χ0) is 74.0. The number of rotatable bonds is 12. The zero-order valence-electron chi connectivity index (χ0n) is 60.8. The van der Waals surface area contributed by atoms with Crippen molar-refractivity contribution in [1.82, 2.24) is 0 Å². The summed E-state index contributed by atoms with van der Waals surface area (Å²) in [7, 11) is -0.337. The first-order valence-corrected chi connectivity index (χ1v) is 38.5. The lowest BCUT2D eigenvalue weighted by Crippen LogP contribution is -2.41. The van der Waals surface area contributed by atoms with E-state index in [1.54, 1.807) is 0 Å². The van der Waals surface area contributed by atoms with Gasteiger partial charge in [-0.1, -0.05) is 334 Å². The highest BCUT2D eigenvalue weighted by Gasteiger charge is 2.51. The van der Waals surface area contributed by atoms with E-state index in [4.69, 9.17) is 18.1 Å². The van der Waals surface area contributed by atoms with Crippen LogP contribution in [-0.4, -0.2) is 18.3 Å². The number of para-hydroxylation sites is 4. The minimum atomic E-state index is -0.337. The number of hydrogen-bond donors (Lipinski definition) is 0. The maximum absolute atomic E-state index is 6.87. The Morgan fingerprint density at radius 2 is 0.413 bits per heavy atom. The summed E-state index contributed by atoms with van der Waals surface area (Å²) in [5.74, 6) is 0. The Morgan fingerprint density at radius 3 is 0.706 bits per heavy atom.